The van der Waals surface area contributed by atoms with Gasteiger partial charge in [-0.15, -0.1) is 0 Å². The van der Waals surface area contributed by atoms with Crippen molar-refractivity contribution < 1.29 is 4.79 Å². The maximum absolute atomic E-state index is 11.2. The van der Waals surface area contributed by atoms with Crippen LogP contribution < -0.4 is 0 Å². The molecule has 0 spiro atoms. The number of halogens is 1. The fourth-order valence-corrected chi connectivity index (χ4v) is 1.59. The van der Waals surface area contributed by atoms with Crippen molar-refractivity contribution in [3.05, 3.63) is 9.66 Å². The molecule has 0 N–H and O–H groups in total. The molecule has 0 aromatic heterocycles. The van der Waals surface area contributed by atoms with Gasteiger partial charge in [-0.2, -0.15) is 0 Å². The molecular formula is C8H12INO. The van der Waals surface area contributed by atoms with Crippen LogP contribution in [0.2, 0.25) is 0 Å². The van der Waals surface area contributed by atoms with Crippen LogP contribution in [0.1, 0.15) is 13.8 Å². The summed E-state index contributed by atoms with van der Waals surface area (Å²) in [6, 6.07) is 0. The summed E-state index contributed by atoms with van der Waals surface area (Å²) in [5.74, 6) is 0.794. The number of rotatable bonds is 2. The number of hydrogen-bond donors (Lipinski definition) is 0. The summed E-state index contributed by atoms with van der Waals surface area (Å²) < 4.78 is 1.87. The minimum absolute atomic E-state index is 0.216. The molecule has 0 bridgehead atoms. The average Bonchev–Trinajstić information content (AvgIpc) is 1.96. The van der Waals surface area contributed by atoms with Gasteiger partial charge in [0.05, 0.1) is 6.54 Å². The Bertz CT molecular complexity index is 198. The van der Waals surface area contributed by atoms with Crippen LogP contribution >= 0.6 is 22.6 Å². The Morgan fingerprint density at radius 2 is 2.36 bits per heavy atom. The molecule has 1 heterocycles. The Kier molecular flexibility index (Phi) is 2.92. The zero-order valence-corrected chi connectivity index (χ0v) is 8.96. The lowest BCUT2D eigenvalue weighted by molar-refractivity contribution is -0.133. The highest BCUT2D eigenvalue weighted by Crippen LogP contribution is 2.19. The molecule has 0 atom stereocenters. The third kappa shape index (κ3) is 1.95. The van der Waals surface area contributed by atoms with Crippen molar-refractivity contribution in [1.29, 1.82) is 0 Å². The topological polar surface area (TPSA) is 20.3 Å². The SMILES string of the molecule is CC(C)CN1C/C(=C/I)C1=O. The van der Waals surface area contributed by atoms with Gasteiger partial charge in [0.1, 0.15) is 0 Å². The predicted octanol–water partition coefficient (Wildman–Crippen LogP) is 1.80. The van der Waals surface area contributed by atoms with E-state index in [0.29, 0.717) is 5.92 Å². The van der Waals surface area contributed by atoms with Gasteiger partial charge in [-0.1, -0.05) is 36.4 Å². The number of carbonyl (C=O) groups is 1. The molecule has 0 aromatic rings. The first-order valence-electron chi connectivity index (χ1n) is 3.73. The third-order valence-electron chi connectivity index (χ3n) is 1.64. The second-order valence-electron chi connectivity index (χ2n) is 3.21. The van der Waals surface area contributed by atoms with Gasteiger partial charge in [0.2, 0.25) is 0 Å². The van der Waals surface area contributed by atoms with E-state index in [2.05, 4.69) is 36.4 Å². The smallest absolute Gasteiger partial charge is 0.252 e. The van der Waals surface area contributed by atoms with E-state index in [9.17, 15) is 4.79 Å². The van der Waals surface area contributed by atoms with Gasteiger partial charge in [-0.05, 0) is 10.0 Å². The second-order valence-corrected chi connectivity index (χ2v) is 3.84. The van der Waals surface area contributed by atoms with Crippen LogP contribution in [0.4, 0.5) is 0 Å². The normalized spacial score (nSPS) is 21.3. The summed E-state index contributed by atoms with van der Waals surface area (Å²) in [5.41, 5.74) is 0.950. The lowest BCUT2D eigenvalue weighted by atomic mass is 10.1. The van der Waals surface area contributed by atoms with E-state index in [1.807, 2.05) is 8.98 Å². The van der Waals surface area contributed by atoms with E-state index in [-0.39, 0.29) is 5.91 Å². The molecule has 0 aliphatic carbocycles. The van der Waals surface area contributed by atoms with Gasteiger partial charge in [0, 0.05) is 12.1 Å². The van der Waals surface area contributed by atoms with Crippen molar-refractivity contribution in [1.82, 2.24) is 4.90 Å². The minimum Gasteiger partial charge on any atom is -0.334 e. The maximum Gasteiger partial charge on any atom is 0.252 e. The van der Waals surface area contributed by atoms with Crippen LogP contribution in [-0.4, -0.2) is 23.9 Å². The zero-order valence-electron chi connectivity index (χ0n) is 6.80. The zero-order chi connectivity index (χ0) is 8.43. The first kappa shape index (κ1) is 9.03. The Morgan fingerprint density at radius 3 is 2.73 bits per heavy atom. The lowest BCUT2D eigenvalue weighted by Gasteiger charge is -2.34. The summed E-state index contributed by atoms with van der Waals surface area (Å²) in [5, 5.41) is 0. The first-order valence-corrected chi connectivity index (χ1v) is 4.98. The van der Waals surface area contributed by atoms with Crippen LogP contribution in [0.5, 0.6) is 0 Å². The molecule has 62 valence electrons. The van der Waals surface area contributed by atoms with Gasteiger partial charge >= 0.3 is 0 Å². The van der Waals surface area contributed by atoms with Gasteiger partial charge in [-0.25, -0.2) is 0 Å². The molecule has 1 amide bonds. The van der Waals surface area contributed by atoms with Gasteiger partial charge in [0.15, 0.2) is 0 Å². The Morgan fingerprint density at radius 1 is 1.73 bits per heavy atom. The fourth-order valence-electron chi connectivity index (χ4n) is 1.13. The van der Waals surface area contributed by atoms with Crippen LogP contribution in [0.25, 0.3) is 0 Å². The number of likely N-dealkylation sites (tertiary alicyclic amines) is 1. The summed E-state index contributed by atoms with van der Waals surface area (Å²) >= 11 is 2.11. The fraction of sp³-hybridized carbons (Fsp3) is 0.625. The first-order chi connectivity index (χ1) is 5.15. The van der Waals surface area contributed by atoms with E-state index in [1.54, 1.807) is 0 Å². The Hall–Kier alpha value is -0.0600. The average molecular weight is 265 g/mol. The number of carbonyl (C=O) groups excluding carboxylic acids is 1. The Balaban J connectivity index is 2.39. The van der Waals surface area contributed by atoms with Crippen molar-refractivity contribution in [3.8, 4) is 0 Å². The standard InChI is InChI=1S/C8H12INO/c1-6(2)4-10-5-7(3-9)8(10)11/h3,6H,4-5H2,1-2H3/b7-3-. The molecule has 0 saturated carbocycles. The molecule has 1 fully saturated rings. The summed E-state index contributed by atoms with van der Waals surface area (Å²) in [6.07, 6.45) is 0. The van der Waals surface area contributed by atoms with Crippen molar-refractivity contribution in [2.75, 3.05) is 13.1 Å². The predicted molar refractivity (Wildman–Crippen MR) is 53.5 cm³/mol. The summed E-state index contributed by atoms with van der Waals surface area (Å²) in [4.78, 5) is 13.1. The third-order valence-corrected chi connectivity index (χ3v) is 2.39. The number of nitrogens with zero attached hydrogens (tertiary/aromatic N) is 1. The minimum atomic E-state index is 0.216. The molecule has 3 heteroatoms. The van der Waals surface area contributed by atoms with E-state index in [1.165, 1.54) is 0 Å². The molecule has 1 aliphatic rings. The van der Waals surface area contributed by atoms with E-state index in [4.69, 9.17) is 0 Å². The van der Waals surface area contributed by atoms with E-state index in [0.717, 1.165) is 18.7 Å². The molecule has 11 heavy (non-hydrogen) atoms. The molecule has 0 aromatic carbocycles. The van der Waals surface area contributed by atoms with Crippen LogP contribution in [-0.2, 0) is 4.79 Å². The highest BCUT2D eigenvalue weighted by atomic mass is 127. The molecule has 2 nitrogen and oxygen atoms in total. The molecule has 1 rings (SSSR count). The van der Waals surface area contributed by atoms with Gasteiger partial charge in [-0.3, -0.25) is 4.79 Å². The van der Waals surface area contributed by atoms with Crippen LogP contribution in [0.15, 0.2) is 9.66 Å². The highest BCUT2D eigenvalue weighted by molar-refractivity contribution is 14.1. The van der Waals surface area contributed by atoms with Gasteiger partial charge < -0.3 is 4.90 Å². The quantitative estimate of drug-likeness (QED) is 0.423. The van der Waals surface area contributed by atoms with Crippen molar-refractivity contribution >= 4 is 28.5 Å². The molecule has 1 aliphatic heterocycles. The number of β-lactam (4-membered cyclic amide) rings is 1. The highest BCUT2D eigenvalue weighted by Gasteiger charge is 2.29. The summed E-state index contributed by atoms with van der Waals surface area (Å²) in [7, 11) is 0. The second kappa shape index (κ2) is 3.56. The molecule has 0 unspecified atom stereocenters. The maximum atomic E-state index is 11.2. The van der Waals surface area contributed by atoms with Crippen molar-refractivity contribution in [2.45, 2.75) is 13.8 Å². The van der Waals surface area contributed by atoms with Crippen molar-refractivity contribution in [2.24, 2.45) is 5.92 Å². The van der Waals surface area contributed by atoms with E-state index >= 15 is 0 Å². The van der Waals surface area contributed by atoms with Crippen LogP contribution in [0, 0.1) is 5.92 Å². The van der Waals surface area contributed by atoms with Crippen LogP contribution in [0.3, 0.4) is 0 Å². The lowest BCUT2D eigenvalue weighted by Crippen LogP contribution is -2.47. The Labute approximate surface area is 80.8 Å². The summed E-state index contributed by atoms with van der Waals surface area (Å²) in [6.45, 7) is 5.99. The molecular weight excluding hydrogens is 253 g/mol. The largest absolute Gasteiger partial charge is 0.334 e. The number of hydrogen-bond acceptors (Lipinski definition) is 1. The monoisotopic (exact) mass is 265 g/mol. The van der Waals surface area contributed by atoms with Gasteiger partial charge in [0.25, 0.3) is 5.91 Å². The molecule has 0 radical (unpaired) electrons. The van der Waals surface area contributed by atoms with E-state index < -0.39 is 0 Å². The van der Waals surface area contributed by atoms with Crippen molar-refractivity contribution in [3.63, 3.8) is 0 Å². The molecule has 1 saturated heterocycles. The number of amides is 1.